The number of hydrogen-bond donors (Lipinski definition) is 2. The summed E-state index contributed by atoms with van der Waals surface area (Å²) >= 11 is 5.81. The Balaban J connectivity index is 0.00000200. The molecule has 0 spiro atoms. The van der Waals surface area contributed by atoms with Crippen molar-refractivity contribution in [2.45, 2.75) is 19.0 Å². The Morgan fingerprint density at radius 2 is 2.20 bits per heavy atom. The highest BCUT2D eigenvalue weighted by atomic mass is 35.5. The van der Waals surface area contributed by atoms with Gasteiger partial charge in [-0.3, -0.25) is 0 Å². The van der Waals surface area contributed by atoms with Gasteiger partial charge in [-0.1, -0.05) is 11.6 Å². The van der Waals surface area contributed by atoms with E-state index >= 15 is 0 Å². The maximum absolute atomic E-state index is 12.4. The topological polar surface area (TPSA) is 37.0 Å². The fraction of sp³-hybridized carbons (Fsp3) is 0.583. The molecule has 2 heterocycles. The zero-order chi connectivity index (χ0) is 13.9. The van der Waals surface area contributed by atoms with Crippen LogP contribution in [0.1, 0.15) is 18.4 Å². The molecule has 0 radical (unpaired) electrons. The van der Waals surface area contributed by atoms with Gasteiger partial charge in [0.05, 0.1) is 10.6 Å². The van der Waals surface area contributed by atoms with Crippen LogP contribution in [0.15, 0.2) is 12.3 Å². The molecule has 2 rings (SSSR count). The Morgan fingerprint density at radius 1 is 1.45 bits per heavy atom. The summed E-state index contributed by atoms with van der Waals surface area (Å²) in [5, 5.41) is 6.28. The smallest absolute Gasteiger partial charge is 0.369 e. The first-order valence-electron chi connectivity index (χ1n) is 6.14. The lowest BCUT2D eigenvalue weighted by atomic mass is 10.00. The number of rotatable bonds is 3. The van der Waals surface area contributed by atoms with Crippen LogP contribution in [-0.2, 0) is 6.18 Å². The van der Waals surface area contributed by atoms with E-state index in [-0.39, 0.29) is 17.4 Å². The quantitative estimate of drug-likeness (QED) is 0.889. The summed E-state index contributed by atoms with van der Waals surface area (Å²) in [5.74, 6) is 0.758. The molecule has 1 aromatic heterocycles. The van der Waals surface area contributed by atoms with Crippen molar-refractivity contribution >= 4 is 29.8 Å². The lowest BCUT2D eigenvalue weighted by Gasteiger charge is -2.23. The lowest BCUT2D eigenvalue weighted by molar-refractivity contribution is -0.137. The molecule has 1 aliphatic rings. The van der Waals surface area contributed by atoms with Crippen LogP contribution in [0.4, 0.5) is 19.0 Å². The normalized spacial score (nSPS) is 19.3. The molecule has 3 nitrogen and oxygen atoms in total. The van der Waals surface area contributed by atoms with E-state index in [9.17, 15) is 13.2 Å². The Labute approximate surface area is 126 Å². The van der Waals surface area contributed by atoms with Crippen LogP contribution < -0.4 is 10.6 Å². The molecule has 1 saturated heterocycles. The van der Waals surface area contributed by atoms with Crippen molar-refractivity contribution in [2.24, 2.45) is 5.92 Å². The summed E-state index contributed by atoms with van der Waals surface area (Å²) in [4.78, 5) is 3.75. The van der Waals surface area contributed by atoms with Crippen LogP contribution in [-0.4, -0.2) is 24.6 Å². The number of nitrogens with zero attached hydrogens (tertiary/aromatic N) is 1. The van der Waals surface area contributed by atoms with E-state index in [1.54, 1.807) is 0 Å². The summed E-state index contributed by atoms with van der Waals surface area (Å²) in [6, 6.07) is 0.899. The molecule has 1 unspecified atom stereocenters. The molecule has 1 aromatic rings. The first-order chi connectivity index (χ1) is 8.97. The maximum Gasteiger partial charge on any atom is 0.417 e. The van der Waals surface area contributed by atoms with E-state index in [2.05, 4.69) is 15.6 Å². The highest BCUT2D eigenvalue weighted by Gasteiger charge is 2.31. The number of aromatic nitrogens is 1. The van der Waals surface area contributed by atoms with Crippen molar-refractivity contribution in [2.75, 3.05) is 25.0 Å². The number of pyridine rings is 1. The number of alkyl halides is 3. The Bertz CT molecular complexity index is 434. The highest BCUT2D eigenvalue weighted by molar-refractivity contribution is 6.32. The Kier molecular flexibility index (Phi) is 6.36. The Hall–Kier alpha value is -0.720. The first kappa shape index (κ1) is 17.3. The van der Waals surface area contributed by atoms with Gasteiger partial charge in [0.1, 0.15) is 5.82 Å². The summed E-state index contributed by atoms with van der Waals surface area (Å²) < 4.78 is 37.3. The third-order valence-corrected chi connectivity index (χ3v) is 3.41. The second kappa shape index (κ2) is 7.33. The molecule has 0 saturated carbocycles. The Morgan fingerprint density at radius 3 is 2.75 bits per heavy atom. The van der Waals surface area contributed by atoms with Gasteiger partial charge in [0.15, 0.2) is 0 Å². The van der Waals surface area contributed by atoms with Crippen LogP contribution in [0.3, 0.4) is 0 Å². The van der Waals surface area contributed by atoms with Gasteiger partial charge < -0.3 is 10.6 Å². The number of anilines is 1. The summed E-state index contributed by atoms with van der Waals surface area (Å²) in [5.41, 5.74) is -0.831. The third kappa shape index (κ3) is 4.68. The van der Waals surface area contributed by atoms with Crippen LogP contribution in [0.2, 0.25) is 5.02 Å². The lowest BCUT2D eigenvalue weighted by Crippen LogP contribution is -2.33. The van der Waals surface area contributed by atoms with Crippen molar-refractivity contribution in [3.8, 4) is 0 Å². The molecule has 20 heavy (non-hydrogen) atoms. The number of hydrogen-bond acceptors (Lipinski definition) is 3. The minimum atomic E-state index is -4.41. The van der Waals surface area contributed by atoms with Gasteiger partial charge >= 0.3 is 6.18 Å². The zero-order valence-corrected chi connectivity index (χ0v) is 12.2. The van der Waals surface area contributed by atoms with E-state index in [0.29, 0.717) is 18.3 Å². The second-order valence-electron chi connectivity index (χ2n) is 4.65. The largest absolute Gasteiger partial charge is 0.417 e. The molecule has 0 aliphatic carbocycles. The average Bonchev–Trinajstić information content (AvgIpc) is 2.37. The molecule has 1 aliphatic heterocycles. The van der Waals surface area contributed by atoms with Gasteiger partial charge in [-0.2, -0.15) is 13.2 Å². The van der Waals surface area contributed by atoms with E-state index in [0.717, 1.165) is 38.2 Å². The van der Waals surface area contributed by atoms with Crippen molar-refractivity contribution in [3.05, 3.63) is 22.8 Å². The minimum Gasteiger partial charge on any atom is -0.369 e. The van der Waals surface area contributed by atoms with Gasteiger partial charge in [0.2, 0.25) is 0 Å². The van der Waals surface area contributed by atoms with Crippen LogP contribution in [0, 0.1) is 5.92 Å². The van der Waals surface area contributed by atoms with Gasteiger partial charge in [0, 0.05) is 12.7 Å². The third-order valence-electron chi connectivity index (χ3n) is 3.13. The molecular weight excluding hydrogens is 314 g/mol. The molecule has 0 bridgehead atoms. The molecule has 114 valence electrons. The summed E-state index contributed by atoms with van der Waals surface area (Å²) in [6.07, 6.45) is -1.41. The summed E-state index contributed by atoms with van der Waals surface area (Å²) in [6.45, 7) is 2.59. The van der Waals surface area contributed by atoms with Crippen LogP contribution >= 0.6 is 24.0 Å². The monoisotopic (exact) mass is 329 g/mol. The fourth-order valence-electron chi connectivity index (χ4n) is 2.06. The van der Waals surface area contributed by atoms with Crippen LogP contribution in [0.25, 0.3) is 0 Å². The molecule has 1 fully saturated rings. The van der Waals surface area contributed by atoms with Crippen LogP contribution in [0.5, 0.6) is 0 Å². The predicted molar refractivity (Wildman–Crippen MR) is 75.6 cm³/mol. The standard InChI is InChI=1S/C12H15ClF3N3.ClH/c13-10-4-9(12(14,15)16)7-19-11(10)18-6-8-2-1-3-17-5-8;/h4,7-8,17H,1-3,5-6H2,(H,18,19);1H. The second-order valence-corrected chi connectivity index (χ2v) is 5.05. The van der Waals surface area contributed by atoms with Gasteiger partial charge in [-0.05, 0) is 37.9 Å². The molecule has 1 atom stereocenters. The zero-order valence-electron chi connectivity index (χ0n) is 10.6. The molecular formula is C12H16Cl2F3N3. The van der Waals surface area contributed by atoms with Gasteiger partial charge in [-0.15, -0.1) is 12.4 Å². The maximum atomic E-state index is 12.4. The first-order valence-corrected chi connectivity index (χ1v) is 6.52. The average molecular weight is 330 g/mol. The SMILES string of the molecule is Cl.FC(F)(F)c1cnc(NCC2CCCNC2)c(Cl)c1. The van der Waals surface area contributed by atoms with Gasteiger partial charge in [-0.25, -0.2) is 4.98 Å². The minimum absolute atomic E-state index is 0. The number of halogens is 5. The number of piperidine rings is 1. The van der Waals surface area contributed by atoms with E-state index < -0.39 is 11.7 Å². The van der Waals surface area contributed by atoms with E-state index in [4.69, 9.17) is 11.6 Å². The molecule has 8 heteroatoms. The fourth-order valence-corrected chi connectivity index (χ4v) is 2.30. The van der Waals surface area contributed by atoms with Crippen molar-refractivity contribution in [3.63, 3.8) is 0 Å². The van der Waals surface area contributed by atoms with Crippen molar-refractivity contribution < 1.29 is 13.2 Å². The molecule has 0 amide bonds. The van der Waals surface area contributed by atoms with E-state index in [1.165, 1.54) is 0 Å². The molecule has 0 aromatic carbocycles. The predicted octanol–water partition coefficient (Wildman–Crippen LogP) is 3.59. The van der Waals surface area contributed by atoms with Gasteiger partial charge in [0.25, 0.3) is 0 Å². The molecule has 2 N–H and O–H groups in total. The highest BCUT2D eigenvalue weighted by Crippen LogP contribution is 2.32. The van der Waals surface area contributed by atoms with Crippen molar-refractivity contribution in [1.82, 2.24) is 10.3 Å². The summed E-state index contributed by atoms with van der Waals surface area (Å²) in [7, 11) is 0. The van der Waals surface area contributed by atoms with E-state index in [1.807, 2.05) is 0 Å². The number of nitrogens with one attached hydrogen (secondary N) is 2. The van der Waals surface area contributed by atoms with Crippen molar-refractivity contribution in [1.29, 1.82) is 0 Å².